The van der Waals surface area contributed by atoms with Gasteiger partial charge in [-0.25, -0.2) is 0 Å². The van der Waals surface area contributed by atoms with Crippen LogP contribution in [0.1, 0.15) is 37.2 Å². The molecule has 1 aromatic rings. The maximum atomic E-state index is 11.7. The Morgan fingerprint density at radius 3 is 2.69 bits per heavy atom. The molecule has 0 saturated carbocycles. The summed E-state index contributed by atoms with van der Waals surface area (Å²) in [5.41, 5.74) is 0.541. The molecule has 1 heterocycles. The van der Waals surface area contributed by atoms with E-state index in [2.05, 4.69) is 44.7 Å². The quantitative estimate of drug-likeness (QED) is 0.822. The van der Waals surface area contributed by atoms with Crippen molar-refractivity contribution in [2.75, 3.05) is 11.9 Å². The Labute approximate surface area is 108 Å². The van der Waals surface area contributed by atoms with E-state index in [0.717, 1.165) is 18.2 Å². The van der Waals surface area contributed by atoms with Gasteiger partial charge in [-0.3, -0.25) is 4.79 Å². The van der Waals surface area contributed by atoms with Crippen molar-refractivity contribution >= 4 is 33.4 Å². The number of carbonyl (C=O) groups excluding carboxylic acids is 1. The number of carbonyl (C=O) groups is 1. The fraction of sp³-hybridized carbons (Fsp3) is 0.700. The van der Waals surface area contributed by atoms with Crippen LogP contribution >= 0.6 is 27.5 Å². The zero-order valence-electron chi connectivity index (χ0n) is 9.49. The van der Waals surface area contributed by atoms with Crippen LogP contribution in [0.5, 0.6) is 0 Å². The van der Waals surface area contributed by atoms with Gasteiger partial charge in [0.1, 0.15) is 0 Å². The summed E-state index contributed by atoms with van der Waals surface area (Å²) in [6, 6.07) is 0. The Kier molecular flexibility index (Phi) is 5.34. The summed E-state index contributed by atoms with van der Waals surface area (Å²) in [5, 5.41) is 9.20. The minimum atomic E-state index is -0.138. The van der Waals surface area contributed by atoms with Gasteiger partial charge in [-0.05, 0) is 29.8 Å². The molecule has 1 N–H and O–H groups in total. The molecule has 0 bridgehead atoms. The van der Waals surface area contributed by atoms with E-state index in [-0.39, 0.29) is 11.3 Å². The van der Waals surface area contributed by atoms with Gasteiger partial charge in [0.25, 0.3) is 5.91 Å². The first-order valence-corrected chi connectivity index (χ1v) is 7.24. The zero-order valence-corrected chi connectivity index (χ0v) is 11.9. The monoisotopic (exact) mass is 305 g/mol. The second kappa shape index (κ2) is 6.30. The van der Waals surface area contributed by atoms with E-state index in [1.54, 1.807) is 5.38 Å². The molecule has 6 heteroatoms. The van der Waals surface area contributed by atoms with Crippen LogP contribution in [-0.4, -0.2) is 27.4 Å². The second-order valence-corrected chi connectivity index (χ2v) is 4.98. The second-order valence-electron chi connectivity index (χ2n) is 3.81. The first kappa shape index (κ1) is 13.6. The molecule has 1 amide bonds. The van der Waals surface area contributed by atoms with Crippen molar-refractivity contribution in [1.29, 1.82) is 0 Å². The molecule has 0 unspecified atom stereocenters. The molecule has 0 saturated heterocycles. The first-order chi connectivity index (χ1) is 7.67. The molecular weight excluding hydrogens is 290 g/mol. The number of amides is 1. The molecule has 1 rings (SSSR count). The van der Waals surface area contributed by atoms with Crippen molar-refractivity contribution in [2.24, 2.45) is 5.41 Å². The number of aromatic nitrogens is 2. The van der Waals surface area contributed by atoms with Crippen LogP contribution in [0.4, 0.5) is 0 Å². The zero-order chi connectivity index (χ0) is 12.0. The molecule has 0 aliphatic carbocycles. The number of alkyl halides is 1. The van der Waals surface area contributed by atoms with Crippen LogP contribution in [0.3, 0.4) is 0 Å². The molecule has 0 fully saturated rings. The van der Waals surface area contributed by atoms with Crippen LogP contribution in [-0.2, 0) is 0 Å². The summed E-state index contributed by atoms with van der Waals surface area (Å²) >= 11 is 4.70. The lowest BCUT2D eigenvalue weighted by atomic mass is 9.84. The third kappa shape index (κ3) is 3.25. The van der Waals surface area contributed by atoms with E-state index in [1.807, 2.05) is 0 Å². The van der Waals surface area contributed by atoms with E-state index in [4.69, 9.17) is 0 Å². The summed E-state index contributed by atoms with van der Waals surface area (Å²) in [6.07, 6.45) is 2.06. The van der Waals surface area contributed by atoms with Gasteiger partial charge in [-0.15, -0.1) is 5.10 Å². The van der Waals surface area contributed by atoms with Gasteiger partial charge < -0.3 is 5.32 Å². The minimum absolute atomic E-state index is 0.138. The molecule has 0 spiro atoms. The van der Waals surface area contributed by atoms with Gasteiger partial charge in [0.2, 0.25) is 0 Å². The van der Waals surface area contributed by atoms with Crippen molar-refractivity contribution in [1.82, 2.24) is 14.9 Å². The lowest BCUT2D eigenvalue weighted by molar-refractivity contribution is 0.0927. The first-order valence-electron chi connectivity index (χ1n) is 5.28. The van der Waals surface area contributed by atoms with Crippen LogP contribution in [0, 0.1) is 5.41 Å². The normalized spacial score (nSPS) is 11.4. The molecule has 16 heavy (non-hydrogen) atoms. The van der Waals surface area contributed by atoms with Crippen LogP contribution in [0.15, 0.2) is 5.38 Å². The van der Waals surface area contributed by atoms with Gasteiger partial charge in [0.15, 0.2) is 5.69 Å². The van der Waals surface area contributed by atoms with E-state index < -0.39 is 0 Å². The topological polar surface area (TPSA) is 54.9 Å². The van der Waals surface area contributed by atoms with Crippen molar-refractivity contribution in [3.05, 3.63) is 11.1 Å². The Balaban J connectivity index is 2.53. The number of halogens is 1. The highest BCUT2D eigenvalue weighted by Gasteiger charge is 2.25. The van der Waals surface area contributed by atoms with Gasteiger partial charge in [-0.2, -0.15) is 0 Å². The van der Waals surface area contributed by atoms with Crippen LogP contribution < -0.4 is 5.32 Å². The average Bonchev–Trinajstić information content (AvgIpc) is 2.85. The third-order valence-corrected chi connectivity index (χ3v) is 4.69. The van der Waals surface area contributed by atoms with Crippen molar-refractivity contribution in [3.8, 4) is 0 Å². The fourth-order valence-corrected chi connectivity index (χ4v) is 2.79. The van der Waals surface area contributed by atoms with Gasteiger partial charge in [0.05, 0.1) is 0 Å². The number of hydrogen-bond acceptors (Lipinski definition) is 4. The highest BCUT2D eigenvalue weighted by molar-refractivity contribution is 9.09. The molecule has 4 nitrogen and oxygen atoms in total. The largest absolute Gasteiger partial charge is 0.350 e. The van der Waals surface area contributed by atoms with E-state index in [1.165, 1.54) is 11.5 Å². The van der Waals surface area contributed by atoms with Crippen molar-refractivity contribution in [3.63, 3.8) is 0 Å². The van der Waals surface area contributed by atoms with E-state index in [0.29, 0.717) is 12.2 Å². The lowest BCUT2D eigenvalue weighted by Crippen LogP contribution is -2.38. The molecular formula is C10H16BrN3OS. The SMILES string of the molecule is CCC(CC)(CBr)CNC(=O)c1csnn1. The Bertz CT molecular complexity index is 317. The smallest absolute Gasteiger partial charge is 0.272 e. The molecule has 1 aromatic heterocycles. The van der Waals surface area contributed by atoms with Gasteiger partial charge >= 0.3 is 0 Å². The van der Waals surface area contributed by atoms with Gasteiger partial charge in [-0.1, -0.05) is 34.3 Å². The minimum Gasteiger partial charge on any atom is -0.350 e. The van der Waals surface area contributed by atoms with E-state index in [9.17, 15) is 4.79 Å². The highest BCUT2D eigenvalue weighted by Crippen LogP contribution is 2.27. The Morgan fingerprint density at radius 2 is 2.25 bits per heavy atom. The standard InChI is InChI=1S/C10H16BrN3OS/c1-3-10(4-2,6-11)7-12-9(15)8-5-16-14-13-8/h5H,3-4,6-7H2,1-2H3,(H,12,15). The van der Waals surface area contributed by atoms with E-state index >= 15 is 0 Å². The maximum Gasteiger partial charge on any atom is 0.272 e. The number of nitrogens with one attached hydrogen (secondary N) is 1. The van der Waals surface area contributed by atoms with Crippen molar-refractivity contribution in [2.45, 2.75) is 26.7 Å². The third-order valence-electron chi connectivity index (χ3n) is 3.00. The Hall–Kier alpha value is -0.490. The Morgan fingerprint density at radius 1 is 1.56 bits per heavy atom. The predicted octanol–water partition coefficient (Wildman–Crippen LogP) is 2.47. The summed E-state index contributed by atoms with van der Waals surface area (Å²) in [4.78, 5) is 11.7. The molecule has 0 atom stereocenters. The molecule has 0 aromatic carbocycles. The maximum absolute atomic E-state index is 11.7. The highest BCUT2D eigenvalue weighted by atomic mass is 79.9. The lowest BCUT2D eigenvalue weighted by Gasteiger charge is -2.29. The van der Waals surface area contributed by atoms with Crippen LogP contribution in [0.2, 0.25) is 0 Å². The van der Waals surface area contributed by atoms with Crippen LogP contribution in [0.25, 0.3) is 0 Å². The van der Waals surface area contributed by atoms with Crippen molar-refractivity contribution < 1.29 is 4.79 Å². The number of hydrogen-bond donors (Lipinski definition) is 1. The average molecular weight is 306 g/mol. The predicted molar refractivity (Wildman–Crippen MR) is 69.1 cm³/mol. The fourth-order valence-electron chi connectivity index (χ4n) is 1.36. The molecule has 0 radical (unpaired) electrons. The number of rotatable bonds is 6. The molecule has 0 aliphatic heterocycles. The summed E-state index contributed by atoms with van der Waals surface area (Å²) < 4.78 is 3.67. The van der Waals surface area contributed by atoms with Gasteiger partial charge in [0, 0.05) is 17.3 Å². The molecule has 0 aliphatic rings. The number of nitrogens with zero attached hydrogens (tertiary/aromatic N) is 2. The summed E-state index contributed by atoms with van der Waals surface area (Å²) in [7, 11) is 0. The summed E-state index contributed by atoms with van der Waals surface area (Å²) in [5.74, 6) is -0.138. The summed E-state index contributed by atoms with van der Waals surface area (Å²) in [6.45, 7) is 4.95. The molecule has 90 valence electrons.